The van der Waals surface area contributed by atoms with Crippen LogP contribution in [0.1, 0.15) is 15.9 Å². The molecular formula is C24H23N3O3S. The van der Waals surface area contributed by atoms with E-state index in [1.165, 1.54) is 12.1 Å². The van der Waals surface area contributed by atoms with Crippen molar-refractivity contribution in [3.05, 3.63) is 90.0 Å². The molecule has 158 valence electrons. The first-order valence-corrected chi connectivity index (χ1v) is 11.4. The van der Waals surface area contributed by atoms with Crippen molar-refractivity contribution in [1.29, 1.82) is 0 Å². The molecule has 0 unspecified atom stereocenters. The Kier molecular flexibility index (Phi) is 5.63. The maximum Gasteiger partial charge on any atom is 0.254 e. The molecule has 3 aromatic carbocycles. The van der Waals surface area contributed by atoms with E-state index in [0.29, 0.717) is 18.5 Å². The highest BCUT2D eigenvalue weighted by Gasteiger charge is 2.21. The minimum atomic E-state index is -3.71. The minimum absolute atomic E-state index is 0.0727. The lowest BCUT2D eigenvalue weighted by atomic mass is 10.0. The fraction of sp³-hybridized carbons (Fsp3) is 0.125. The van der Waals surface area contributed by atoms with Gasteiger partial charge in [-0.15, -0.1) is 0 Å². The normalized spacial score (nSPS) is 11.5. The Morgan fingerprint density at radius 2 is 1.58 bits per heavy atom. The van der Waals surface area contributed by atoms with Crippen LogP contribution in [0.5, 0.6) is 0 Å². The van der Waals surface area contributed by atoms with Gasteiger partial charge in [0, 0.05) is 24.5 Å². The predicted octanol–water partition coefficient (Wildman–Crippen LogP) is 3.47. The van der Waals surface area contributed by atoms with E-state index in [-0.39, 0.29) is 10.8 Å². The van der Waals surface area contributed by atoms with Crippen molar-refractivity contribution < 1.29 is 13.2 Å². The summed E-state index contributed by atoms with van der Waals surface area (Å²) in [6, 6.07) is 24.1. The summed E-state index contributed by atoms with van der Waals surface area (Å²) < 4.78 is 24.8. The molecule has 0 atom stereocenters. The third-order valence-electron chi connectivity index (χ3n) is 5.33. The van der Waals surface area contributed by atoms with E-state index >= 15 is 0 Å². The van der Waals surface area contributed by atoms with Crippen LogP contribution in [0.2, 0.25) is 0 Å². The summed E-state index contributed by atoms with van der Waals surface area (Å²) in [5.74, 6) is -0.142. The van der Waals surface area contributed by atoms with Crippen LogP contribution in [0.3, 0.4) is 0 Å². The highest BCUT2D eigenvalue weighted by atomic mass is 32.2. The summed E-state index contributed by atoms with van der Waals surface area (Å²) >= 11 is 0. The number of hydrogen-bond donors (Lipinski definition) is 2. The maximum atomic E-state index is 13.2. The Morgan fingerprint density at radius 1 is 0.935 bits per heavy atom. The molecule has 0 bridgehead atoms. The molecule has 4 rings (SSSR count). The van der Waals surface area contributed by atoms with E-state index in [0.717, 1.165) is 27.7 Å². The van der Waals surface area contributed by atoms with E-state index in [1.807, 2.05) is 66.2 Å². The zero-order valence-electron chi connectivity index (χ0n) is 17.1. The van der Waals surface area contributed by atoms with Crippen LogP contribution in [0, 0.1) is 0 Å². The van der Waals surface area contributed by atoms with E-state index in [1.54, 1.807) is 12.1 Å². The topological polar surface area (TPSA) is 94.2 Å². The Hall–Kier alpha value is -3.42. The number of fused-ring (bicyclic) bond motifs is 1. The summed E-state index contributed by atoms with van der Waals surface area (Å²) in [4.78, 5) is 13.3. The number of nitrogens with one attached hydrogen (secondary N) is 1. The van der Waals surface area contributed by atoms with Crippen molar-refractivity contribution in [2.24, 2.45) is 12.2 Å². The average Bonchev–Trinajstić information content (AvgIpc) is 3.07. The second-order valence-corrected chi connectivity index (χ2v) is 8.92. The highest BCUT2D eigenvalue weighted by Crippen LogP contribution is 2.32. The molecule has 3 N–H and O–H groups in total. The molecule has 0 spiro atoms. The van der Waals surface area contributed by atoms with Gasteiger partial charge in [-0.25, -0.2) is 13.6 Å². The standard InChI is InChI=1S/C24H23N3O3S/c1-27-21-10-6-5-9-20(21)22(23(27)18-7-3-2-4-8-18)24(28)26-16-15-17-11-13-19(14-12-17)31(25,29)30/h2-14H,15-16H2,1H3,(H,26,28)(H2,25,29,30). The van der Waals surface area contributed by atoms with Crippen molar-refractivity contribution in [3.8, 4) is 11.3 Å². The largest absolute Gasteiger partial charge is 0.352 e. The minimum Gasteiger partial charge on any atom is -0.352 e. The van der Waals surface area contributed by atoms with Gasteiger partial charge in [0.15, 0.2) is 0 Å². The number of nitrogens with zero attached hydrogens (tertiary/aromatic N) is 1. The number of rotatable bonds is 6. The van der Waals surface area contributed by atoms with Crippen LogP contribution in [-0.2, 0) is 23.5 Å². The van der Waals surface area contributed by atoms with Crippen molar-refractivity contribution in [2.45, 2.75) is 11.3 Å². The molecular weight excluding hydrogens is 410 g/mol. The van der Waals surface area contributed by atoms with Gasteiger partial charge in [-0.3, -0.25) is 4.79 Å². The Labute approximate surface area is 181 Å². The van der Waals surface area contributed by atoms with Crippen LogP contribution in [-0.4, -0.2) is 25.4 Å². The number of primary sulfonamides is 1. The van der Waals surface area contributed by atoms with Gasteiger partial charge in [0.05, 0.1) is 16.2 Å². The van der Waals surface area contributed by atoms with Crippen molar-refractivity contribution >= 4 is 26.8 Å². The van der Waals surface area contributed by atoms with Crippen molar-refractivity contribution in [3.63, 3.8) is 0 Å². The number of amides is 1. The summed E-state index contributed by atoms with van der Waals surface area (Å²) in [5.41, 5.74) is 4.40. The molecule has 0 fully saturated rings. The number of carbonyl (C=O) groups is 1. The summed E-state index contributed by atoms with van der Waals surface area (Å²) in [5, 5.41) is 9.05. The molecule has 6 nitrogen and oxygen atoms in total. The van der Waals surface area contributed by atoms with Crippen LogP contribution >= 0.6 is 0 Å². The summed E-state index contributed by atoms with van der Waals surface area (Å²) in [6.45, 7) is 0.422. The molecule has 0 aliphatic heterocycles. The first kappa shape index (κ1) is 20.8. The average molecular weight is 434 g/mol. The smallest absolute Gasteiger partial charge is 0.254 e. The van der Waals surface area contributed by atoms with Gasteiger partial charge in [0.1, 0.15) is 0 Å². The van der Waals surface area contributed by atoms with Gasteiger partial charge >= 0.3 is 0 Å². The van der Waals surface area contributed by atoms with E-state index in [4.69, 9.17) is 5.14 Å². The van der Waals surface area contributed by atoms with Gasteiger partial charge in [-0.05, 0) is 35.7 Å². The van der Waals surface area contributed by atoms with Gasteiger partial charge in [-0.1, -0.05) is 60.7 Å². The lowest BCUT2D eigenvalue weighted by Crippen LogP contribution is -2.26. The van der Waals surface area contributed by atoms with Crippen LogP contribution in [0.15, 0.2) is 83.8 Å². The fourth-order valence-electron chi connectivity index (χ4n) is 3.81. The number of nitrogens with two attached hydrogens (primary N) is 1. The Morgan fingerprint density at radius 3 is 2.26 bits per heavy atom. The molecule has 0 radical (unpaired) electrons. The second kappa shape index (κ2) is 8.37. The lowest BCUT2D eigenvalue weighted by molar-refractivity contribution is 0.0956. The highest BCUT2D eigenvalue weighted by molar-refractivity contribution is 7.89. The SMILES string of the molecule is Cn1c(-c2ccccc2)c(C(=O)NCCc2ccc(S(N)(=O)=O)cc2)c2ccccc21. The molecule has 7 heteroatoms. The molecule has 0 saturated carbocycles. The van der Waals surface area contributed by atoms with Gasteiger partial charge in [0.25, 0.3) is 5.91 Å². The first-order chi connectivity index (χ1) is 14.9. The van der Waals surface area contributed by atoms with Crippen molar-refractivity contribution in [2.75, 3.05) is 6.54 Å². The zero-order valence-corrected chi connectivity index (χ0v) is 17.9. The monoisotopic (exact) mass is 433 g/mol. The third-order valence-corrected chi connectivity index (χ3v) is 6.26. The summed E-state index contributed by atoms with van der Waals surface area (Å²) in [7, 11) is -1.74. The van der Waals surface area contributed by atoms with E-state index in [2.05, 4.69) is 5.32 Å². The van der Waals surface area contributed by atoms with E-state index in [9.17, 15) is 13.2 Å². The zero-order chi connectivity index (χ0) is 22.0. The predicted molar refractivity (Wildman–Crippen MR) is 122 cm³/mol. The number of carbonyl (C=O) groups excluding carboxylic acids is 1. The molecule has 4 aromatic rings. The lowest BCUT2D eigenvalue weighted by Gasteiger charge is -2.10. The molecule has 1 aromatic heterocycles. The number of sulfonamides is 1. The maximum absolute atomic E-state index is 13.2. The number of hydrogen-bond acceptors (Lipinski definition) is 3. The first-order valence-electron chi connectivity index (χ1n) is 9.89. The number of para-hydroxylation sites is 1. The van der Waals surface area contributed by atoms with Crippen LogP contribution < -0.4 is 10.5 Å². The summed E-state index contributed by atoms with van der Waals surface area (Å²) in [6.07, 6.45) is 0.572. The van der Waals surface area contributed by atoms with Gasteiger partial charge in [-0.2, -0.15) is 0 Å². The van der Waals surface area contributed by atoms with Crippen molar-refractivity contribution in [1.82, 2.24) is 9.88 Å². The molecule has 0 saturated heterocycles. The second-order valence-electron chi connectivity index (χ2n) is 7.36. The molecule has 1 amide bonds. The van der Waals surface area contributed by atoms with Crippen LogP contribution in [0.25, 0.3) is 22.2 Å². The Bertz CT molecular complexity index is 1340. The quantitative estimate of drug-likeness (QED) is 0.488. The molecule has 31 heavy (non-hydrogen) atoms. The molecule has 1 heterocycles. The molecule has 0 aliphatic carbocycles. The third kappa shape index (κ3) is 4.23. The van der Waals surface area contributed by atoms with Crippen LogP contribution in [0.4, 0.5) is 0 Å². The van der Waals surface area contributed by atoms with E-state index < -0.39 is 10.0 Å². The van der Waals surface area contributed by atoms with Gasteiger partial charge < -0.3 is 9.88 Å². The van der Waals surface area contributed by atoms with Gasteiger partial charge in [0.2, 0.25) is 10.0 Å². The number of aromatic nitrogens is 1. The number of benzene rings is 3. The Balaban J connectivity index is 1.58. The number of aryl methyl sites for hydroxylation is 1. The molecule has 0 aliphatic rings. The fourth-order valence-corrected chi connectivity index (χ4v) is 4.33.